The summed E-state index contributed by atoms with van der Waals surface area (Å²) in [4.78, 5) is 10.7. The molecule has 4 nitrogen and oxygen atoms in total. The summed E-state index contributed by atoms with van der Waals surface area (Å²) in [6, 6.07) is 0. The van der Waals surface area contributed by atoms with E-state index in [0.29, 0.717) is 18.7 Å². The average molecular weight is 336 g/mol. The zero-order valence-corrected chi connectivity index (χ0v) is 8.74. The van der Waals surface area contributed by atoms with E-state index in [9.17, 15) is 4.79 Å². The van der Waals surface area contributed by atoms with Crippen molar-refractivity contribution in [2.45, 2.75) is 6.92 Å². The number of esters is 1. The van der Waals surface area contributed by atoms with Gasteiger partial charge < -0.3 is 0 Å². The number of carbonyl (C=O) groups is 1. The fourth-order valence-electron chi connectivity index (χ4n) is 0.349. The van der Waals surface area contributed by atoms with Crippen LogP contribution >= 0.6 is 0 Å². The number of carbonyl (C=O) groups excluding carboxylic acids is 1. The number of ether oxygens (including phenoxy) is 1. The topological polar surface area (TPSA) is 64.3 Å². The Labute approximate surface area is 74.7 Å². The summed E-state index contributed by atoms with van der Waals surface area (Å²) in [6.45, 7) is 6.06. The van der Waals surface area contributed by atoms with Gasteiger partial charge in [0.15, 0.2) is 0 Å². The third kappa shape index (κ3) is 6.19. The molecule has 0 aromatic heterocycles. The van der Waals surface area contributed by atoms with Gasteiger partial charge in [0.2, 0.25) is 0 Å². The normalized spacial score (nSPS) is 9.64. The number of nitrogens with one attached hydrogen (secondary N) is 1. The monoisotopic (exact) mass is 337 g/mol. The first kappa shape index (κ1) is 10.8. The average Bonchev–Trinajstić information content (AvgIpc) is 1.97. The van der Waals surface area contributed by atoms with E-state index in [0.717, 1.165) is 0 Å². The molecule has 0 atom stereocenters. The van der Waals surface area contributed by atoms with Gasteiger partial charge >= 0.3 is 74.3 Å². The molecule has 0 fully saturated rings. The van der Waals surface area contributed by atoms with E-state index in [2.05, 4.69) is 10.6 Å². The van der Waals surface area contributed by atoms with Crippen molar-refractivity contribution < 1.29 is 27.7 Å². The summed E-state index contributed by atoms with van der Waals surface area (Å²) in [6.07, 6.45) is 0. The van der Waals surface area contributed by atoms with Crippen molar-refractivity contribution in [3.8, 4) is 0 Å². The van der Waals surface area contributed by atoms with Crippen LogP contribution in [0.2, 0.25) is 0 Å². The summed E-state index contributed by atoms with van der Waals surface area (Å²) in [5, 5.41) is 0. The zero-order chi connectivity index (χ0) is 8.69. The van der Waals surface area contributed by atoms with Gasteiger partial charge in [0.1, 0.15) is 0 Å². The van der Waals surface area contributed by atoms with Gasteiger partial charge in [0.05, 0.1) is 0 Å². The molecule has 0 spiro atoms. The molecule has 0 aliphatic heterocycles. The molecule has 0 radical (unpaired) electrons. The van der Waals surface area contributed by atoms with E-state index < -0.39 is 18.2 Å². The summed E-state index contributed by atoms with van der Waals surface area (Å²) in [5.74, 6) is -0.344. The molecule has 0 aliphatic carbocycles. The second-order valence-corrected chi connectivity index (χ2v) is 3.42. The third-order valence-electron chi connectivity index (χ3n) is 0.835. The Morgan fingerprint density at radius 1 is 1.82 bits per heavy atom. The molecule has 11 heavy (non-hydrogen) atoms. The second-order valence-electron chi connectivity index (χ2n) is 1.88. The van der Waals surface area contributed by atoms with Crippen molar-refractivity contribution >= 4 is 5.97 Å². The van der Waals surface area contributed by atoms with Crippen LogP contribution in [0.1, 0.15) is 6.92 Å². The van der Waals surface area contributed by atoms with Crippen molar-refractivity contribution in [1.29, 1.82) is 0 Å². The van der Waals surface area contributed by atoms with E-state index >= 15 is 0 Å². The fourth-order valence-corrected chi connectivity index (χ4v) is 0.939. The van der Waals surface area contributed by atoms with Crippen molar-refractivity contribution in [2.24, 2.45) is 4.40 Å². The van der Waals surface area contributed by atoms with E-state index in [1.807, 2.05) is 0 Å². The van der Waals surface area contributed by atoms with Gasteiger partial charge in [-0.2, -0.15) is 0 Å². The Bertz CT molecular complexity index is 150. The van der Waals surface area contributed by atoms with Crippen LogP contribution in [-0.2, 0) is 27.7 Å². The fraction of sp³-hybridized carbons (Fsp3) is 0.500. The predicted octanol–water partition coefficient (Wildman–Crippen LogP) is -0.433. The molecule has 0 aromatic carbocycles. The molecule has 0 saturated carbocycles. The van der Waals surface area contributed by atoms with Crippen molar-refractivity contribution in [2.75, 3.05) is 13.2 Å². The molecular weight excluding hydrogens is 324 g/mol. The van der Waals surface area contributed by atoms with E-state index in [1.54, 1.807) is 6.92 Å². The molecule has 0 heterocycles. The molecule has 0 unspecified atom stereocenters. The SMILES string of the molecule is C=C(C)C(=O)OCC[NH][Ir][NH2]. The van der Waals surface area contributed by atoms with Crippen LogP contribution in [-0.4, -0.2) is 19.1 Å². The number of hydrogen-bond acceptors (Lipinski definition) is 4. The maximum absolute atomic E-state index is 10.7. The Hall–Kier alpha value is -0.221. The number of rotatable bonds is 5. The first-order valence-corrected chi connectivity index (χ1v) is 5.59. The Balaban J connectivity index is 3.25. The molecule has 0 aromatic rings. The number of hydrogen-bond donors (Lipinski definition) is 2. The van der Waals surface area contributed by atoms with Gasteiger partial charge in [-0.15, -0.1) is 0 Å². The maximum atomic E-state index is 10.7. The van der Waals surface area contributed by atoms with Crippen LogP contribution in [0.4, 0.5) is 0 Å². The summed E-state index contributed by atoms with van der Waals surface area (Å²) in [5.41, 5.74) is 0.425. The van der Waals surface area contributed by atoms with Crippen molar-refractivity contribution in [3.63, 3.8) is 0 Å². The number of nitrogens with two attached hydrogens (primary N) is 1. The van der Waals surface area contributed by atoms with Gasteiger partial charge in [-0.3, -0.25) is 0 Å². The summed E-state index contributed by atoms with van der Waals surface area (Å²) in [7, 11) is 0. The van der Waals surface area contributed by atoms with E-state index in [4.69, 9.17) is 9.14 Å². The molecule has 0 aliphatic rings. The van der Waals surface area contributed by atoms with Gasteiger partial charge in [0.25, 0.3) is 0 Å². The first-order chi connectivity index (χ1) is 5.18. The summed E-state index contributed by atoms with van der Waals surface area (Å²) >= 11 is -0.513. The summed E-state index contributed by atoms with van der Waals surface area (Å²) < 4.78 is 13.0. The molecule has 5 heteroatoms. The van der Waals surface area contributed by atoms with Crippen LogP contribution in [0, 0.1) is 0 Å². The zero-order valence-electron chi connectivity index (χ0n) is 6.35. The molecule has 0 rings (SSSR count). The van der Waals surface area contributed by atoms with Crippen LogP contribution in [0.3, 0.4) is 0 Å². The molecule has 0 amide bonds. The van der Waals surface area contributed by atoms with Gasteiger partial charge in [0, 0.05) is 0 Å². The molecular formula is C6H12IrN2O2. The molecule has 0 saturated heterocycles. The predicted molar refractivity (Wildman–Crippen MR) is 38.0 cm³/mol. The Kier molecular flexibility index (Phi) is 6.36. The minimum atomic E-state index is -0.513. The van der Waals surface area contributed by atoms with Gasteiger partial charge in [-0.05, 0) is 0 Å². The minimum absolute atomic E-state index is 0.344. The van der Waals surface area contributed by atoms with Crippen LogP contribution in [0.15, 0.2) is 12.2 Å². The Morgan fingerprint density at radius 2 is 2.45 bits per heavy atom. The quantitative estimate of drug-likeness (QED) is 0.406. The second kappa shape index (κ2) is 6.49. The molecule has 3 N–H and O–H groups in total. The van der Waals surface area contributed by atoms with Crippen molar-refractivity contribution in [3.05, 3.63) is 12.2 Å². The third-order valence-corrected chi connectivity index (χ3v) is 1.92. The van der Waals surface area contributed by atoms with Gasteiger partial charge in [-0.1, -0.05) is 0 Å². The molecule has 67 valence electrons. The van der Waals surface area contributed by atoms with E-state index in [1.165, 1.54) is 0 Å². The van der Waals surface area contributed by atoms with Crippen LogP contribution in [0.5, 0.6) is 0 Å². The standard InChI is InChI=1S/C6H10NO2.Ir.H2N/c1-5(2)6(8)9-4-3-7;;/h7H,1,3-4H2,2H3;;1H2/q-1;+2;-1. The van der Waals surface area contributed by atoms with Crippen LogP contribution < -0.4 is 8.39 Å². The van der Waals surface area contributed by atoms with Crippen LogP contribution in [0.25, 0.3) is 0 Å². The van der Waals surface area contributed by atoms with Gasteiger partial charge in [-0.25, -0.2) is 0 Å². The van der Waals surface area contributed by atoms with Crippen molar-refractivity contribution in [1.82, 2.24) is 3.99 Å². The van der Waals surface area contributed by atoms with E-state index in [-0.39, 0.29) is 5.97 Å². The Morgan fingerprint density at radius 3 is 2.91 bits per heavy atom. The first-order valence-electron chi connectivity index (χ1n) is 3.01. The molecule has 0 bridgehead atoms.